The quantitative estimate of drug-likeness (QED) is 0.602. The van der Waals surface area contributed by atoms with Crippen LogP contribution in [0.5, 0.6) is 0 Å². The van der Waals surface area contributed by atoms with E-state index >= 15 is 0 Å². The largest absolute Gasteiger partial charge is 0.380 e. The summed E-state index contributed by atoms with van der Waals surface area (Å²) in [5.74, 6) is 0.0643. The topological polar surface area (TPSA) is 64.4 Å². The van der Waals surface area contributed by atoms with E-state index in [0.29, 0.717) is 32.6 Å². The summed E-state index contributed by atoms with van der Waals surface area (Å²) >= 11 is 0. The van der Waals surface area contributed by atoms with Crippen molar-refractivity contribution >= 4 is 5.91 Å². The summed E-state index contributed by atoms with van der Waals surface area (Å²) in [6.07, 6.45) is 1.17. The molecule has 0 aliphatic heterocycles. The van der Waals surface area contributed by atoms with Crippen LogP contribution >= 0.6 is 0 Å². The van der Waals surface area contributed by atoms with Crippen molar-refractivity contribution in [2.45, 2.75) is 32.7 Å². The molecule has 0 aromatic heterocycles. The van der Waals surface area contributed by atoms with E-state index in [9.17, 15) is 4.79 Å². The first-order valence-electron chi connectivity index (χ1n) is 4.80. The first-order chi connectivity index (χ1) is 6.20. The van der Waals surface area contributed by atoms with Gasteiger partial charge in [-0.2, -0.15) is 0 Å². The Morgan fingerprint density at radius 3 is 2.77 bits per heavy atom. The first-order valence-corrected chi connectivity index (χ1v) is 4.80. The van der Waals surface area contributed by atoms with Gasteiger partial charge in [0.25, 0.3) is 0 Å². The molecule has 0 spiro atoms. The maximum atomic E-state index is 11.0. The molecule has 78 valence electrons. The van der Waals surface area contributed by atoms with Crippen LogP contribution in [0.4, 0.5) is 0 Å². The molecule has 0 aromatic rings. The summed E-state index contributed by atoms with van der Waals surface area (Å²) in [6, 6.07) is -0.0254. The van der Waals surface area contributed by atoms with Crippen LogP contribution < -0.4 is 11.1 Å². The maximum Gasteiger partial charge on any atom is 0.220 e. The molecule has 4 nitrogen and oxygen atoms in total. The van der Waals surface area contributed by atoms with Gasteiger partial charge in [-0.3, -0.25) is 4.79 Å². The van der Waals surface area contributed by atoms with Crippen LogP contribution in [-0.2, 0) is 9.53 Å². The summed E-state index contributed by atoms with van der Waals surface area (Å²) in [5.41, 5.74) is 5.70. The summed E-state index contributed by atoms with van der Waals surface area (Å²) in [4.78, 5) is 11.0. The van der Waals surface area contributed by atoms with Crippen LogP contribution in [0.3, 0.4) is 0 Å². The van der Waals surface area contributed by atoms with Crippen LogP contribution in [-0.4, -0.2) is 31.7 Å². The van der Waals surface area contributed by atoms with E-state index in [0.717, 1.165) is 0 Å². The zero-order valence-corrected chi connectivity index (χ0v) is 8.51. The number of hydrogen-bond donors (Lipinski definition) is 2. The summed E-state index contributed by atoms with van der Waals surface area (Å²) in [7, 11) is 0. The fraction of sp³-hybridized carbons (Fsp3) is 0.889. The highest BCUT2D eigenvalue weighted by molar-refractivity contribution is 5.75. The molecule has 0 aliphatic carbocycles. The smallest absolute Gasteiger partial charge is 0.220 e. The number of rotatable bonds is 7. The molecule has 0 bridgehead atoms. The molecule has 0 saturated heterocycles. The number of amides is 1. The Kier molecular flexibility index (Phi) is 7.63. The molecule has 1 atom stereocenters. The van der Waals surface area contributed by atoms with Crippen LogP contribution in [0.25, 0.3) is 0 Å². The highest BCUT2D eigenvalue weighted by atomic mass is 16.5. The van der Waals surface area contributed by atoms with Gasteiger partial charge in [0.1, 0.15) is 0 Å². The van der Waals surface area contributed by atoms with E-state index < -0.39 is 0 Å². The van der Waals surface area contributed by atoms with Gasteiger partial charge < -0.3 is 15.8 Å². The molecule has 13 heavy (non-hydrogen) atoms. The number of hydrogen-bond acceptors (Lipinski definition) is 3. The van der Waals surface area contributed by atoms with Gasteiger partial charge in [0, 0.05) is 25.6 Å². The molecule has 0 aliphatic rings. The number of nitrogens with one attached hydrogen (secondary N) is 1. The Balaban J connectivity index is 3.34. The lowest BCUT2D eigenvalue weighted by Gasteiger charge is -2.10. The van der Waals surface area contributed by atoms with Gasteiger partial charge in [-0.05, 0) is 20.3 Å². The van der Waals surface area contributed by atoms with Crippen molar-refractivity contribution in [2.75, 3.05) is 19.8 Å². The fourth-order valence-electron chi connectivity index (χ4n) is 0.955. The Morgan fingerprint density at radius 1 is 1.54 bits per heavy atom. The molecule has 0 aromatic carbocycles. The molecule has 0 heterocycles. The van der Waals surface area contributed by atoms with Gasteiger partial charge in [0.15, 0.2) is 0 Å². The third-order valence-corrected chi connectivity index (χ3v) is 1.65. The lowest BCUT2D eigenvalue weighted by atomic mass is 10.2. The predicted octanol–water partition coefficient (Wildman–Crippen LogP) is 0.267. The van der Waals surface area contributed by atoms with E-state index in [2.05, 4.69) is 5.32 Å². The number of carbonyl (C=O) groups is 1. The first kappa shape index (κ1) is 12.4. The van der Waals surface area contributed by atoms with Crippen molar-refractivity contribution in [1.82, 2.24) is 5.32 Å². The minimum Gasteiger partial charge on any atom is -0.380 e. The lowest BCUT2D eigenvalue weighted by molar-refractivity contribution is -0.121. The third kappa shape index (κ3) is 7.74. The average Bonchev–Trinajstić information content (AvgIpc) is 2.12. The molecule has 0 radical (unpaired) electrons. The monoisotopic (exact) mass is 188 g/mol. The Morgan fingerprint density at radius 2 is 2.23 bits per heavy atom. The number of nitrogens with two attached hydrogens (primary N) is 1. The second kappa shape index (κ2) is 8.01. The fourth-order valence-corrected chi connectivity index (χ4v) is 0.955. The average molecular weight is 188 g/mol. The van der Waals surface area contributed by atoms with E-state index in [1.807, 2.05) is 13.8 Å². The van der Waals surface area contributed by atoms with Crippen molar-refractivity contribution in [1.29, 1.82) is 0 Å². The Hall–Kier alpha value is -0.610. The van der Waals surface area contributed by atoms with Crippen molar-refractivity contribution in [2.24, 2.45) is 5.73 Å². The Bertz CT molecular complexity index is 140. The van der Waals surface area contributed by atoms with E-state index in [1.54, 1.807) is 0 Å². The van der Waals surface area contributed by atoms with Crippen LogP contribution in [0, 0.1) is 0 Å². The standard InChI is InChI=1S/C9H20N2O2/c1-3-11-9(12)6-5-8(10)7-13-4-2/h8H,3-7,10H2,1-2H3,(H,11,12). The number of ether oxygens (including phenoxy) is 1. The van der Waals surface area contributed by atoms with Gasteiger partial charge >= 0.3 is 0 Å². The molecule has 0 saturated carbocycles. The van der Waals surface area contributed by atoms with Gasteiger partial charge in [-0.25, -0.2) is 0 Å². The van der Waals surface area contributed by atoms with Gasteiger partial charge in [0.05, 0.1) is 6.61 Å². The van der Waals surface area contributed by atoms with Crippen molar-refractivity contribution < 1.29 is 9.53 Å². The highest BCUT2D eigenvalue weighted by Gasteiger charge is 2.05. The zero-order chi connectivity index (χ0) is 10.1. The van der Waals surface area contributed by atoms with Gasteiger partial charge in [-0.15, -0.1) is 0 Å². The molecule has 0 fully saturated rings. The van der Waals surface area contributed by atoms with Gasteiger partial charge in [-0.1, -0.05) is 0 Å². The minimum absolute atomic E-state index is 0.0254. The molecule has 4 heteroatoms. The third-order valence-electron chi connectivity index (χ3n) is 1.65. The summed E-state index contributed by atoms with van der Waals surface area (Å²) < 4.78 is 5.13. The maximum absolute atomic E-state index is 11.0. The second-order valence-corrected chi connectivity index (χ2v) is 2.91. The van der Waals surface area contributed by atoms with Crippen LogP contribution in [0.2, 0.25) is 0 Å². The van der Waals surface area contributed by atoms with Crippen LogP contribution in [0.1, 0.15) is 26.7 Å². The molecular weight excluding hydrogens is 168 g/mol. The molecule has 3 N–H and O–H groups in total. The van der Waals surface area contributed by atoms with E-state index in [-0.39, 0.29) is 11.9 Å². The Labute approximate surface area is 79.8 Å². The molecular formula is C9H20N2O2. The zero-order valence-electron chi connectivity index (χ0n) is 8.51. The van der Waals surface area contributed by atoms with Crippen molar-refractivity contribution in [3.63, 3.8) is 0 Å². The van der Waals surface area contributed by atoms with Crippen molar-refractivity contribution in [3.8, 4) is 0 Å². The normalized spacial score (nSPS) is 12.5. The molecule has 0 rings (SSSR count). The second-order valence-electron chi connectivity index (χ2n) is 2.91. The molecule has 1 amide bonds. The summed E-state index contributed by atoms with van der Waals surface area (Å²) in [5, 5.41) is 2.72. The minimum atomic E-state index is -0.0254. The predicted molar refractivity (Wildman–Crippen MR) is 52.4 cm³/mol. The lowest BCUT2D eigenvalue weighted by Crippen LogP contribution is -2.30. The molecule has 1 unspecified atom stereocenters. The number of carbonyl (C=O) groups excluding carboxylic acids is 1. The SMILES string of the molecule is CCNC(=O)CCC(N)COCC. The van der Waals surface area contributed by atoms with Crippen molar-refractivity contribution in [3.05, 3.63) is 0 Å². The van der Waals surface area contributed by atoms with E-state index in [1.165, 1.54) is 0 Å². The van der Waals surface area contributed by atoms with Gasteiger partial charge in [0.2, 0.25) is 5.91 Å². The van der Waals surface area contributed by atoms with Crippen LogP contribution in [0.15, 0.2) is 0 Å². The highest BCUT2D eigenvalue weighted by Crippen LogP contribution is 1.95. The summed E-state index contributed by atoms with van der Waals surface area (Å²) in [6.45, 7) is 5.72. The van der Waals surface area contributed by atoms with E-state index in [4.69, 9.17) is 10.5 Å².